The molecule has 0 aliphatic heterocycles. The van der Waals surface area contributed by atoms with E-state index in [4.69, 9.17) is 9.47 Å². The van der Waals surface area contributed by atoms with Gasteiger partial charge in [-0.25, -0.2) is 8.42 Å². The van der Waals surface area contributed by atoms with Crippen molar-refractivity contribution in [1.29, 1.82) is 0 Å². The summed E-state index contributed by atoms with van der Waals surface area (Å²) in [6.07, 6.45) is 0. The van der Waals surface area contributed by atoms with Gasteiger partial charge in [-0.15, -0.1) is 0 Å². The van der Waals surface area contributed by atoms with Crippen LogP contribution in [0.3, 0.4) is 0 Å². The molecule has 1 aromatic heterocycles. The van der Waals surface area contributed by atoms with Crippen molar-refractivity contribution in [2.24, 2.45) is 0 Å². The Balaban J connectivity index is 2.06. The number of hydrogen-bond acceptors (Lipinski definition) is 7. The second kappa shape index (κ2) is 6.01. The summed E-state index contributed by atoms with van der Waals surface area (Å²) in [6, 6.07) is 9.68. The molecular weight excluding hydrogens is 338 g/mol. The molecule has 3 aromatic rings. The Hall–Kier alpha value is -2.39. The lowest BCUT2D eigenvalue weighted by Gasteiger charge is -2.13. The maximum absolute atomic E-state index is 12.7. The number of ether oxygens (including phenoxy) is 2. The van der Waals surface area contributed by atoms with E-state index in [-0.39, 0.29) is 10.6 Å². The van der Waals surface area contributed by atoms with Crippen LogP contribution in [0.1, 0.15) is 0 Å². The van der Waals surface area contributed by atoms with Crippen molar-refractivity contribution in [3.8, 4) is 11.5 Å². The lowest BCUT2D eigenvalue weighted by molar-refractivity contribution is 0.405. The van der Waals surface area contributed by atoms with Crippen molar-refractivity contribution in [1.82, 2.24) is 8.75 Å². The van der Waals surface area contributed by atoms with E-state index in [2.05, 4.69) is 13.5 Å². The molecule has 0 radical (unpaired) electrons. The Morgan fingerprint density at radius 2 is 1.91 bits per heavy atom. The third kappa shape index (κ3) is 2.92. The molecule has 0 fully saturated rings. The molecule has 23 heavy (non-hydrogen) atoms. The normalized spacial score (nSPS) is 11.4. The number of sulfonamides is 1. The van der Waals surface area contributed by atoms with Crippen LogP contribution in [0.25, 0.3) is 11.0 Å². The Kier molecular flexibility index (Phi) is 4.05. The number of benzene rings is 2. The van der Waals surface area contributed by atoms with Crippen molar-refractivity contribution < 1.29 is 17.9 Å². The highest BCUT2D eigenvalue weighted by Gasteiger charge is 2.21. The molecule has 0 aliphatic rings. The number of nitrogens with zero attached hydrogens (tertiary/aromatic N) is 2. The Bertz CT molecular complexity index is 954. The molecular formula is C14H13N3O4S2. The third-order valence-corrected chi connectivity index (χ3v) is 5.13. The maximum Gasteiger partial charge on any atom is 0.264 e. The van der Waals surface area contributed by atoms with Gasteiger partial charge in [-0.05, 0) is 24.3 Å². The summed E-state index contributed by atoms with van der Waals surface area (Å²) in [5.41, 5.74) is 1.16. The fourth-order valence-corrected chi connectivity index (χ4v) is 3.92. The molecule has 0 unspecified atom stereocenters. The minimum absolute atomic E-state index is 0.0635. The number of anilines is 1. The zero-order valence-electron chi connectivity index (χ0n) is 12.3. The number of hydrogen-bond donors (Lipinski definition) is 1. The van der Waals surface area contributed by atoms with Gasteiger partial charge in [-0.1, -0.05) is 6.07 Å². The van der Waals surface area contributed by atoms with Crippen LogP contribution in [0.4, 0.5) is 5.69 Å². The lowest BCUT2D eigenvalue weighted by atomic mass is 10.3. The van der Waals surface area contributed by atoms with Crippen molar-refractivity contribution in [2.45, 2.75) is 4.90 Å². The van der Waals surface area contributed by atoms with E-state index in [9.17, 15) is 8.42 Å². The summed E-state index contributed by atoms with van der Waals surface area (Å²) in [5.74, 6) is 0.898. The number of fused-ring (bicyclic) bond motifs is 1. The SMILES string of the molecule is COc1ccc(OC)c(NS(=O)(=O)c2cccc3nsnc23)c1. The summed E-state index contributed by atoms with van der Waals surface area (Å²) in [5, 5.41) is 0. The zero-order chi connectivity index (χ0) is 16.4. The summed E-state index contributed by atoms with van der Waals surface area (Å²) < 4.78 is 46.4. The standard InChI is InChI=1S/C14H13N3O4S2/c1-20-9-6-7-12(21-2)11(8-9)17-23(18,19)13-5-3-4-10-14(13)16-22-15-10/h3-8,17H,1-2H3. The Morgan fingerprint density at radius 1 is 1.09 bits per heavy atom. The van der Waals surface area contributed by atoms with E-state index in [0.29, 0.717) is 22.5 Å². The van der Waals surface area contributed by atoms with Crippen molar-refractivity contribution in [3.63, 3.8) is 0 Å². The van der Waals surface area contributed by atoms with E-state index >= 15 is 0 Å². The predicted molar refractivity (Wildman–Crippen MR) is 87.8 cm³/mol. The number of methoxy groups -OCH3 is 2. The van der Waals surface area contributed by atoms with Gasteiger partial charge in [0.25, 0.3) is 10.0 Å². The first-order valence-electron chi connectivity index (χ1n) is 6.51. The molecule has 0 bridgehead atoms. The molecule has 0 saturated carbocycles. The highest BCUT2D eigenvalue weighted by molar-refractivity contribution is 7.93. The molecule has 1 heterocycles. The van der Waals surface area contributed by atoms with Gasteiger partial charge in [-0.3, -0.25) is 4.72 Å². The van der Waals surface area contributed by atoms with E-state index < -0.39 is 10.0 Å². The number of rotatable bonds is 5. The van der Waals surface area contributed by atoms with Gasteiger partial charge in [0.2, 0.25) is 0 Å². The summed E-state index contributed by atoms with van der Waals surface area (Å²) >= 11 is 0.966. The van der Waals surface area contributed by atoms with E-state index in [1.807, 2.05) is 0 Å². The van der Waals surface area contributed by atoms with Crippen molar-refractivity contribution >= 4 is 38.5 Å². The Labute approximate surface area is 137 Å². The molecule has 120 valence electrons. The monoisotopic (exact) mass is 351 g/mol. The van der Waals surface area contributed by atoms with Gasteiger partial charge in [0.15, 0.2) is 0 Å². The first-order chi connectivity index (χ1) is 11.0. The highest BCUT2D eigenvalue weighted by atomic mass is 32.2. The highest BCUT2D eigenvalue weighted by Crippen LogP contribution is 2.32. The first-order valence-corrected chi connectivity index (χ1v) is 8.72. The van der Waals surface area contributed by atoms with E-state index in [1.54, 1.807) is 30.3 Å². The second-order valence-electron chi connectivity index (χ2n) is 4.56. The van der Waals surface area contributed by atoms with Crippen molar-refractivity contribution in [3.05, 3.63) is 36.4 Å². The van der Waals surface area contributed by atoms with Gasteiger partial charge >= 0.3 is 0 Å². The minimum Gasteiger partial charge on any atom is -0.497 e. The first kappa shape index (κ1) is 15.5. The smallest absolute Gasteiger partial charge is 0.264 e. The topological polar surface area (TPSA) is 90.4 Å². The fourth-order valence-electron chi connectivity index (χ4n) is 2.09. The molecule has 2 aromatic carbocycles. The largest absolute Gasteiger partial charge is 0.497 e. The van der Waals surface area contributed by atoms with Crippen LogP contribution in [-0.4, -0.2) is 31.4 Å². The van der Waals surface area contributed by atoms with Crippen LogP contribution in [0.2, 0.25) is 0 Å². The maximum atomic E-state index is 12.7. The molecule has 7 nitrogen and oxygen atoms in total. The van der Waals surface area contributed by atoms with Crippen LogP contribution in [0, 0.1) is 0 Å². The minimum atomic E-state index is -3.85. The van der Waals surface area contributed by atoms with Gasteiger partial charge in [-0.2, -0.15) is 8.75 Å². The molecule has 0 aliphatic carbocycles. The average Bonchev–Trinajstić information content (AvgIpc) is 3.02. The van der Waals surface area contributed by atoms with Gasteiger partial charge in [0.1, 0.15) is 27.4 Å². The van der Waals surface area contributed by atoms with Gasteiger partial charge in [0, 0.05) is 6.07 Å². The fraction of sp³-hybridized carbons (Fsp3) is 0.143. The quantitative estimate of drug-likeness (QED) is 0.759. The molecule has 9 heteroatoms. The summed E-state index contributed by atoms with van der Waals surface area (Å²) in [4.78, 5) is 0.0635. The van der Waals surface area contributed by atoms with Crippen LogP contribution in [-0.2, 0) is 10.0 Å². The van der Waals surface area contributed by atoms with Crippen LogP contribution in [0.15, 0.2) is 41.3 Å². The number of nitrogens with one attached hydrogen (secondary N) is 1. The second-order valence-corrected chi connectivity index (χ2v) is 6.74. The molecule has 0 spiro atoms. The van der Waals surface area contributed by atoms with Gasteiger partial charge < -0.3 is 9.47 Å². The van der Waals surface area contributed by atoms with Crippen LogP contribution in [0.5, 0.6) is 11.5 Å². The number of aromatic nitrogens is 2. The average molecular weight is 351 g/mol. The zero-order valence-corrected chi connectivity index (χ0v) is 13.9. The van der Waals surface area contributed by atoms with E-state index in [1.165, 1.54) is 20.3 Å². The summed E-state index contributed by atoms with van der Waals surface area (Å²) in [6.45, 7) is 0. The van der Waals surface area contributed by atoms with E-state index in [0.717, 1.165) is 11.7 Å². The van der Waals surface area contributed by atoms with Crippen LogP contribution >= 0.6 is 11.7 Å². The molecule has 3 rings (SSSR count). The summed E-state index contributed by atoms with van der Waals surface area (Å²) in [7, 11) is -0.884. The molecule has 0 saturated heterocycles. The predicted octanol–water partition coefficient (Wildman–Crippen LogP) is 2.51. The van der Waals surface area contributed by atoms with Crippen molar-refractivity contribution in [2.75, 3.05) is 18.9 Å². The van der Waals surface area contributed by atoms with Crippen LogP contribution < -0.4 is 14.2 Å². The van der Waals surface area contributed by atoms with Gasteiger partial charge in [0.05, 0.1) is 31.6 Å². The molecule has 0 atom stereocenters. The molecule has 1 N–H and O–H groups in total. The third-order valence-electron chi connectivity index (χ3n) is 3.19. The molecule has 0 amide bonds. The Morgan fingerprint density at radius 3 is 2.65 bits per heavy atom. The lowest BCUT2D eigenvalue weighted by Crippen LogP contribution is -2.14.